The molecular weight excluding hydrogens is 346 g/mol. The maximum Gasteiger partial charge on any atom is 0.283 e. The van der Waals surface area contributed by atoms with Gasteiger partial charge in [0.1, 0.15) is 4.47 Å². The SMILES string of the molecule is CC(C)n1ncc(NC2CCCS(=O)(=O)C2)c(Br)c1=O. The summed E-state index contributed by atoms with van der Waals surface area (Å²) in [6, 6.07) is -0.191. The van der Waals surface area contributed by atoms with Gasteiger partial charge in [0.25, 0.3) is 5.56 Å². The molecule has 1 aliphatic rings. The minimum Gasteiger partial charge on any atom is -0.379 e. The van der Waals surface area contributed by atoms with E-state index in [4.69, 9.17) is 0 Å². The van der Waals surface area contributed by atoms with Crippen LogP contribution in [0.4, 0.5) is 5.69 Å². The highest BCUT2D eigenvalue weighted by Crippen LogP contribution is 2.22. The molecule has 0 bridgehead atoms. The summed E-state index contributed by atoms with van der Waals surface area (Å²) >= 11 is 3.27. The standard InChI is InChI=1S/C12H18BrN3O3S/c1-8(2)16-12(17)11(13)10(6-14-16)15-9-4-3-5-20(18,19)7-9/h6,8-9,15H,3-5,7H2,1-2H3. The van der Waals surface area contributed by atoms with E-state index in [0.29, 0.717) is 16.6 Å². The summed E-state index contributed by atoms with van der Waals surface area (Å²) in [5.74, 6) is 0.353. The zero-order valence-corrected chi connectivity index (χ0v) is 13.9. The van der Waals surface area contributed by atoms with Crippen molar-refractivity contribution in [2.24, 2.45) is 0 Å². The number of nitrogens with zero attached hydrogens (tertiary/aromatic N) is 2. The molecule has 0 aliphatic carbocycles. The molecule has 0 radical (unpaired) electrons. The molecule has 6 nitrogen and oxygen atoms in total. The number of hydrogen-bond donors (Lipinski definition) is 1. The molecule has 8 heteroatoms. The Balaban J connectivity index is 2.22. The summed E-state index contributed by atoms with van der Waals surface area (Å²) in [7, 11) is -2.98. The highest BCUT2D eigenvalue weighted by atomic mass is 79.9. The molecule has 1 N–H and O–H groups in total. The smallest absolute Gasteiger partial charge is 0.283 e. The molecule has 1 fully saturated rings. The summed E-state index contributed by atoms with van der Waals surface area (Å²) in [4.78, 5) is 12.1. The van der Waals surface area contributed by atoms with Crippen LogP contribution in [0.3, 0.4) is 0 Å². The summed E-state index contributed by atoms with van der Waals surface area (Å²) in [6.45, 7) is 3.75. The lowest BCUT2D eigenvalue weighted by molar-refractivity contribution is 0.500. The van der Waals surface area contributed by atoms with E-state index in [1.54, 1.807) is 6.20 Å². The number of anilines is 1. The van der Waals surface area contributed by atoms with E-state index in [1.165, 1.54) is 4.68 Å². The molecule has 0 aromatic carbocycles. The van der Waals surface area contributed by atoms with Crippen molar-refractivity contribution in [3.05, 3.63) is 21.0 Å². The Kier molecular flexibility index (Phi) is 4.53. The van der Waals surface area contributed by atoms with Crippen LogP contribution in [0.1, 0.15) is 32.7 Å². The second kappa shape index (κ2) is 5.85. The van der Waals surface area contributed by atoms with E-state index in [-0.39, 0.29) is 29.1 Å². The van der Waals surface area contributed by atoms with Crippen molar-refractivity contribution in [2.75, 3.05) is 16.8 Å². The molecule has 0 amide bonds. The van der Waals surface area contributed by atoms with Crippen LogP contribution in [0.5, 0.6) is 0 Å². The Morgan fingerprint density at radius 1 is 1.50 bits per heavy atom. The third-order valence-electron chi connectivity index (χ3n) is 3.26. The normalized spacial score (nSPS) is 21.9. The third kappa shape index (κ3) is 3.41. The maximum absolute atomic E-state index is 12.1. The second-order valence-corrected chi connectivity index (χ2v) is 8.34. The summed E-state index contributed by atoms with van der Waals surface area (Å²) in [5.41, 5.74) is 0.331. The minimum atomic E-state index is -2.98. The van der Waals surface area contributed by atoms with Crippen LogP contribution in [-0.4, -0.2) is 35.7 Å². The monoisotopic (exact) mass is 363 g/mol. The van der Waals surface area contributed by atoms with Gasteiger partial charge in [0, 0.05) is 6.04 Å². The van der Waals surface area contributed by atoms with Crippen LogP contribution in [0, 0.1) is 0 Å². The van der Waals surface area contributed by atoms with Gasteiger partial charge in [-0.2, -0.15) is 5.10 Å². The van der Waals surface area contributed by atoms with Crippen molar-refractivity contribution in [1.82, 2.24) is 9.78 Å². The van der Waals surface area contributed by atoms with Crippen LogP contribution in [0.15, 0.2) is 15.5 Å². The highest BCUT2D eigenvalue weighted by molar-refractivity contribution is 9.10. The second-order valence-electron chi connectivity index (χ2n) is 5.31. The van der Waals surface area contributed by atoms with Gasteiger partial charge in [-0.15, -0.1) is 0 Å². The van der Waals surface area contributed by atoms with E-state index in [9.17, 15) is 13.2 Å². The lowest BCUT2D eigenvalue weighted by Gasteiger charge is -2.24. The van der Waals surface area contributed by atoms with Crippen molar-refractivity contribution < 1.29 is 8.42 Å². The van der Waals surface area contributed by atoms with Crippen molar-refractivity contribution >= 4 is 31.5 Å². The first kappa shape index (κ1) is 15.5. The number of sulfone groups is 1. The maximum atomic E-state index is 12.1. The summed E-state index contributed by atoms with van der Waals surface area (Å²) < 4.78 is 25.0. The van der Waals surface area contributed by atoms with E-state index < -0.39 is 9.84 Å². The molecule has 1 aromatic rings. The molecule has 0 spiro atoms. The number of rotatable bonds is 3. The number of halogens is 1. The van der Waals surface area contributed by atoms with Gasteiger partial charge in [-0.1, -0.05) is 0 Å². The third-order valence-corrected chi connectivity index (χ3v) is 5.84. The van der Waals surface area contributed by atoms with Gasteiger partial charge >= 0.3 is 0 Å². The van der Waals surface area contributed by atoms with E-state index in [0.717, 1.165) is 6.42 Å². The Morgan fingerprint density at radius 3 is 2.80 bits per heavy atom. The molecule has 1 saturated heterocycles. The molecule has 1 aliphatic heterocycles. The number of aromatic nitrogens is 2. The van der Waals surface area contributed by atoms with Gasteiger partial charge in [-0.25, -0.2) is 13.1 Å². The first-order valence-corrected chi connectivity index (χ1v) is 9.16. The lowest BCUT2D eigenvalue weighted by Crippen LogP contribution is -2.36. The van der Waals surface area contributed by atoms with Crippen molar-refractivity contribution in [2.45, 2.75) is 38.8 Å². The van der Waals surface area contributed by atoms with Crippen LogP contribution >= 0.6 is 15.9 Å². The van der Waals surface area contributed by atoms with Gasteiger partial charge in [-0.05, 0) is 42.6 Å². The lowest BCUT2D eigenvalue weighted by atomic mass is 10.2. The molecule has 20 heavy (non-hydrogen) atoms. The first-order chi connectivity index (χ1) is 9.30. The molecular formula is C12H18BrN3O3S. The molecule has 112 valence electrons. The highest BCUT2D eigenvalue weighted by Gasteiger charge is 2.25. The van der Waals surface area contributed by atoms with E-state index in [1.807, 2.05) is 13.8 Å². The molecule has 1 unspecified atom stereocenters. The van der Waals surface area contributed by atoms with Gasteiger partial charge in [-0.3, -0.25) is 4.79 Å². The number of hydrogen-bond acceptors (Lipinski definition) is 5. The predicted octanol–water partition coefficient (Wildman–Crippen LogP) is 1.58. The molecule has 1 aromatic heterocycles. The Bertz CT molecular complexity index is 654. The molecule has 1 atom stereocenters. The van der Waals surface area contributed by atoms with Gasteiger partial charge in [0.15, 0.2) is 9.84 Å². The average molecular weight is 364 g/mol. The minimum absolute atomic E-state index is 0.0251. The van der Waals surface area contributed by atoms with Gasteiger partial charge in [0.2, 0.25) is 0 Å². The zero-order chi connectivity index (χ0) is 14.9. The average Bonchev–Trinajstić information content (AvgIpc) is 2.33. The van der Waals surface area contributed by atoms with Crippen LogP contribution in [0.25, 0.3) is 0 Å². The fourth-order valence-corrected chi connectivity index (χ4v) is 4.30. The summed E-state index contributed by atoms with van der Waals surface area (Å²) in [5, 5.41) is 7.21. The van der Waals surface area contributed by atoms with E-state index in [2.05, 4.69) is 26.3 Å². The number of nitrogens with one attached hydrogen (secondary N) is 1. The largest absolute Gasteiger partial charge is 0.379 e. The Labute approximate surface area is 126 Å². The quantitative estimate of drug-likeness (QED) is 0.881. The van der Waals surface area contributed by atoms with Gasteiger partial charge < -0.3 is 5.32 Å². The van der Waals surface area contributed by atoms with E-state index >= 15 is 0 Å². The zero-order valence-electron chi connectivity index (χ0n) is 11.5. The topological polar surface area (TPSA) is 81.1 Å². The van der Waals surface area contributed by atoms with Crippen LogP contribution in [-0.2, 0) is 9.84 Å². The Morgan fingerprint density at radius 2 is 2.20 bits per heavy atom. The Hall–Kier alpha value is -0.890. The predicted molar refractivity (Wildman–Crippen MR) is 81.9 cm³/mol. The van der Waals surface area contributed by atoms with Crippen molar-refractivity contribution in [3.63, 3.8) is 0 Å². The van der Waals surface area contributed by atoms with Gasteiger partial charge in [0.05, 0.1) is 29.4 Å². The molecule has 2 rings (SSSR count). The first-order valence-electron chi connectivity index (χ1n) is 6.54. The molecule has 2 heterocycles. The fraction of sp³-hybridized carbons (Fsp3) is 0.667. The van der Waals surface area contributed by atoms with Crippen molar-refractivity contribution in [1.29, 1.82) is 0 Å². The van der Waals surface area contributed by atoms with Crippen LogP contribution in [0.2, 0.25) is 0 Å². The molecule has 0 saturated carbocycles. The fourth-order valence-electron chi connectivity index (χ4n) is 2.27. The summed E-state index contributed by atoms with van der Waals surface area (Å²) in [6.07, 6.45) is 2.99. The van der Waals surface area contributed by atoms with Crippen molar-refractivity contribution in [3.8, 4) is 0 Å². The van der Waals surface area contributed by atoms with Crippen LogP contribution < -0.4 is 10.9 Å².